The predicted octanol–water partition coefficient (Wildman–Crippen LogP) is 3.63. The molecule has 0 spiro atoms. The summed E-state index contributed by atoms with van der Waals surface area (Å²) in [5, 5.41) is 10.8. The zero-order valence-corrected chi connectivity index (χ0v) is 10.3. The second-order valence-electron chi connectivity index (χ2n) is 3.99. The largest absolute Gasteiger partial charge is 0.289 e. The van der Waals surface area contributed by atoms with E-state index in [4.69, 9.17) is 0 Å². The summed E-state index contributed by atoms with van der Waals surface area (Å²) < 4.78 is 13.4. The molecule has 0 aliphatic rings. The molecule has 4 nitrogen and oxygen atoms in total. The normalized spacial score (nSPS) is 10.7. The molecule has 2 rings (SSSR count). The first-order valence-electron chi connectivity index (χ1n) is 5.80. The number of halogens is 1. The van der Waals surface area contributed by atoms with E-state index in [9.17, 15) is 19.3 Å². The van der Waals surface area contributed by atoms with Crippen molar-refractivity contribution < 1.29 is 14.1 Å². The fraction of sp³-hybridized carbons (Fsp3) is 0. The lowest BCUT2D eigenvalue weighted by Crippen LogP contribution is -2.00. The number of hydrogen-bond acceptors (Lipinski definition) is 3. The Hall–Kier alpha value is -2.82. The second kappa shape index (κ2) is 5.88. The van der Waals surface area contributed by atoms with Crippen molar-refractivity contribution in [3.05, 3.63) is 81.7 Å². The Morgan fingerprint density at radius 3 is 2.45 bits per heavy atom. The third-order valence-corrected chi connectivity index (χ3v) is 2.69. The first-order chi connectivity index (χ1) is 9.59. The molecule has 20 heavy (non-hydrogen) atoms. The van der Waals surface area contributed by atoms with Crippen molar-refractivity contribution in [2.45, 2.75) is 0 Å². The van der Waals surface area contributed by atoms with Crippen LogP contribution in [-0.4, -0.2) is 10.7 Å². The number of rotatable bonds is 4. The Kier molecular flexibility index (Phi) is 4.00. The zero-order chi connectivity index (χ0) is 14.5. The lowest BCUT2D eigenvalue weighted by molar-refractivity contribution is -0.385. The molecule has 0 bridgehead atoms. The minimum Gasteiger partial charge on any atom is -0.289 e. The quantitative estimate of drug-likeness (QED) is 0.369. The predicted molar refractivity (Wildman–Crippen MR) is 72.9 cm³/mol. The lowest BCUT2D eigenvalue weighted by atomic mass is 10.1. The maximum absolute atomic E-state index is 13.4. The molecule has 0 aliphatic carbocycles. The van der Waals surface area contributed by atoms with Gasteiger partial charge >= 0.3 is 0 Å². The van der Waals surface area contributed by atoms with Gasteiger partial charge in [-0.15, -0.1) is 0 Å². The van der Waals surface area contributed by atoms with Gasteiger partial charge in [0.05, 0.1) is 10.5 Å². The van der Waals surface area contributed by atoms with Crippen LogP contribution < -0.4 is 0 Å². The van der Waals surface area contributed by atoms with Gasteiger partial charge in [-0.1, -0.05) is 30.3 Å². The van der Waals surface area contributed by atoms with Crippen molar-refractivity contribution >= 4 is 17.5 Å². The van der Waals surface area contributed by atoms with E-state index in [1.165, 1.54) is 48.5 Å². The Labute approximate surface area is 114 Å². The summed E-state index contributed by atoms with van der Waals surface area (Å²) in [7, 11) is 0. The standard InChI is InChI=1S/C15H10FNO3/c16-13-7-3-1-5-11(13)9-10-15(18)12-6-2-4-8-14(12)17(19)20/h1-10H/b10-9+. The number of allylic oxidation sites excluding steroid dienone is 1. The minimum atomic E-state index is -0.621. The molecule has 2 aromatic carbocycles. The van der Waals surface area contributed by atoms with Crippen molar-refractivity contribution in [2.75, 3.05) is 0 Å². The highest BCUT2D eigenvalue weighted by Crippen LogP contribution is 2.19. The molecule has 0 unspecified atom stereocenters. The Bertz CT molecular complexity index is 695. The summed E-state index contributed by atoms with van der Waals surface area (Å²) in [6.45, 7) is 0. The molecule has 0 radical (unpaired) electrons. The highest BCUT2D eigenvalue weighted by atomic mass is 19.1. The van der Waals surface area contributed by atoms with Gasteiger partial charge in [-0.05, 0) is 24.3 Å². The summed E-state index contributed by atoms with van der Waals surface area (Å²) in [6, 6.07) is 11.6. The number of nitro groups is 1. The third kappa shape index (κ3) is 2.95. The number of ketones is 1. The van der Waals surface area contributed by atoms with Crippen LogP contribution in [0.5, 0.6) is 0 Å². The maximum Gasteiger partial charge on any atom is 0.280 e. The number of nitrogens with zero attached hydrogens (tertiary/aromatic N) is 1. The molecule has 0 aromatic heterocycles. The van der Waals surface area contributed by atoms with Gasteiger partial charge in [0.15, 0.2) is 5.78 Å². The smallest absolute Gasteiger partial charge is 0.280 e. The van der Waals surface area contributed by atoms with Gasteiger partial charge in [0.2, 0.25) is 0 Å². The van der Waals surface area contributed by atoms with Crippen molar-refractivity contribution in [1.29, 1.82) is 0 Å². The third-order valence-electron chi connectivity index (χ3n) is 2.69. The monoisotopic (exact) mass is 271 g/mol. The molecular weight excluding hydrogens is 261 g/mol. The molecule has 0 atom stereocenters. The van der Waals surface area contributed by atoms with Crippen LogP contribution in [0, 0.1) is 15.9 Å². The highest BCUT2D eigenvalue weighted by Gasteiger charge is 2.16. The SMILES string of the molecule is O=C(/C=C/c1ccccc1F)c1ccccc1[N+](=O)[O-]. The molecule has 0 fully saturated rings. The molecule has 0 saturated heterocycles. The fourth-order valence-electron chi connectivity index (χ4n) is 1.71. The van der Waals surface area contributed by atoms with Crippen LogP contribution in [0.4, 0.5) is 10.1 Å². The molecule has 0 aliphatic heterocycles. The number of carbonyl (C=O) groups is 1. The van der Waals surface area contributed by atoms with E-state index in [2.05, 4.69) is 0 Å². The first-order valence-corrected chi connectivity index (χ1v) is 5.80. The molecular formula is C15H10FNO3. The van der Waals surface area contributed by atoms with Crippen LogP contribution in [0.2, 0.25) is 0 Å². The van der Waals surface area contributed by atoms with Crippen LogP contribution in [0.15, 0.2) is 54.6 Å². The summed E-state index contributed by atoms with van der Waals surface area (Å²) >= 11 is 0. The summed E-state index contributed by atoms with van der Waals surface area (Å²) in [5.74, 6) is -1.00. The van der Waals surface area contributed by atoms with Crippen LogP contribution in [0.3, 0.4) is 0 Å². The maximum atomic E-state index is 13.4. The molecule has 100 valence electrons. The fourth-order valence-corrected chi connectivity index (χ4v) is 1.71. The van der Waals surface area contributed by atoms with E-state index in [1.807, 2.05) is 0 Å². The minimum absolute atomic E-state index is 0.0231. The number of nitro benzene ring substituents is 1. The van der Waals surface area contributed by atoms with Crippen molar-refractivity contribution in [1.82, 2.24) is 0 Å². The van der Waals surface area contributed by atoms with Crippen molar-refractivity contribution in [2.24, 2.45) is 0 Å². The van der Waals surface area contributed by atoms with Gasteiger partial charge in [0.25, 0.3) is 5.69 Å². The van der Waals surface area contributed by atoms with Gasteiger partial charge < -0.3 is 0 Å². The van der Waals surface area contributed by atoms with Crippen LogP contribution >= 0.6 is 0 Å². The topological polar surface area (TPSA) is 60.2 Å². The summed E-state index contributed by atoms with van der Waals surface area (Å²) in [6.07, 6.45) is 2.43. The Morgan fingerprint density at radius 2 is 1.75 bits per heavy atom. The van der Waals surface area contributed by atoms with Crippen LogP contribution in [0.1, 0.15) is 15.9 Å². The van der Waals surface area contributed by atoms with Crippen LogP contribution in [0.25, 0.3) is 6.08 Å². The molecule has 0 heterocycles. The van der Waals surface area contributed by atoms with Gasteiger partial charge in [-0.3, -0.25) is 14.9 Å². The highest BCUT2D eigenvalue weighted by molar-refractivity contribution is 6.09. The molecule has 0 saturated carbocycles. The van der Waals surface area contributed by atoms with Crippen molar-refractivity contribution in [3.8, 4) is 0 Å². The molecule has 0 amide bonds. The molecule has 5 heteroatoms. The number of carbonyl (C=O) groups excluding carboxylic acids is 1. The number of benzene rings is 2. The van der Waals surface area contributed by atoms with E-state index in [0.717, 1.165) is 6.08 Å². The second-order valence-corrected chi connectivity index (χ2v) is 3.99. The van der Waals surface area contributed by atoms with E-state index in [0.29, 0.717) is 0 Å². The first kappa shape index (κ1) is 13.6. The van der Waals surface area contributed by atoms with E-state index < -0.39 is 16.5 Å². The molecule has 0 N–H and O–H groups in total. The molecule has 2 aromatic rings. The van der Waals surface area contributed by atoms with Gasteiger partial charge in [-0.2, -0.15) is 0 Å². The van der Waals surface area contributed by atoms with Gasteiger partial charge in [0, 0.05) is 11.6 Å². The van der Waals surface area contributed by atoms with Crippen LogP contribution in [-0.2, 0) is 0 Å². The van der Waals surface area contributed by atoms with E-state index >= 15 is 0 Å². The van der Waals surface area contributed by atoms with Crippen molar-refractivity contribution in [3.63, 3.8) is 0 Å². The summed E-state index contributed by atoms with van der Waals surface area (Å²) in [5.41, 5.74) is -0.0415. The van der Waals surface area contributed by atoms with E-state index in [1.54, 1.807) is 6.07 Å². The Morgan fingerprint density at radius 1 is 1.10 bits per heavy atom. The lowest BCUT2D eigenvalue weighted by Gasteiger charge is -1.98. The Balaban J connectivity index is 2.30. The number of hydrogen-bond donors (Lipinski definition) is 0. The average Bonchev–Trinajstić information content (AvgIpc) is 2.46. The van der Waals surface area contributed by atoms with E-state index in [-0.39, 0.29) is 16.8 Å². The van der Waals surface area contributed by atoms with Gasteiger partial charge in [0.1, 0.15) is 5.82 Å². The summed E-state index contributed by atoms with van der Waals surface area (Å²) in [4.78, 5) is 22.1. The number of para-hydroxylation sites is 1. The average molecular weight is 271 g/mol. The van der Waals surface area contributed by atoms with Gasteiger partial charge in [-0.25, -0.2) is 4.39 Å². The zero-order valence-electron chi connectivity index (χ0n) is 10.3.